The number of carbonyl (C=O) groups excluding carboxylic acids is 1. The molecule has 0 aliphatic heterocycles. The Morgan fingerprint density at radius 3 is 2.29 bits per heavy atom. The number of ether oxygens (including phenoxy) is 3. The first-order valence-corrected chi connectivity index (χ1v) is 10.3. The zero-order valence-electron chi connectivity index (χ0n) is 19.2. The second-order valence-corrected chi connectivity index (χ2v) is 7.56. The number of nitro groups is 1. The number of nitrogens with zero attached hydrogens (tertiary/aromatic N) is 3. The van der Waals surface area contributed by atoms with Crippen LogP contribution in [0.2, 0.25) is 0 Å². The lowest BCUT2D eigenvalue weighted by atomic mass is 10.2. The van der Waals surface area contributed by atoms with Gasteiger partial charge in [-0.15, -0.1) is 0 Å². The lowest BCUT2D eigenvalue weighted by Crippen LogP contribution is -2.10. The topological polar surface area (TPSA) is 138 Å². The molecule has 34 heavy (non-hydrogen) atoms. The van der Waals surface area contributed by atoms with Crippen molar-refractivity contribution < 1.29 is 23.9 Å². The predicted molar refractivity (Wildman–Crippen MR) is 126 cm³/mol. The number of anilines is 4. The zero-order chi connectivity index (χ0) is 24.7. The average molecular weight is 467 g/mol. The van der Waals surface area contributed by atoms with Crippen molar-refractivity contribution in [2.24, 2.45) is 5.92 Å². The quantitative estimate of drug-likeness (QED) is 0.245. The van der Waals surface area contributed by atoms with Crippen molar-refractivity contribution in [1.29, 1.82) is 0 Å². The van der Waals surface area contributed by atoms with Crippen LogP contribution < -0.4 is 20.1 Å². The van der Waals surface area contributed by atoms with Crippen molar-refractivity contribution in [3.05, 3.63) is 64.5 Å². The summed E-state index contributed by atoms with van der Waals surface area (Å²) in [5, 5.41) is 17.7. The molecule has 0 aliphatic carbocycles. The molecule has 3 rings (SSSR count). The van der Waals surface area contributed by atoms with Gasteiger partial charge in [0, 0.05) is 11.8 Å². The normalized spacial score (nSPS) is 10.5. The van der Waals surface area contributed by atoms with Crippen molar-refractivity contribution in [2.75, 3.05) is 31.5 Å². The van der Waals surface area contributed by atoms with Crippen LogP contribution in [0.5, 0.6) is 11.5 Å². The Morgan fingerprint density at radius 2 is 1.71 bits per heavy atom. The maximum atomic E-state index is 12.1. The van der Waals surface area contributed by atoms with E-state index in [1.54, 1.807) is 42.5 Å². The van der Waals surface area contributed by atoms with Crippen molar-refractivity contribution in [1.82, 2.24) is 9.97 Å². The molecular weight excluding hydrogens is 442 g/mol. The number of rotatable bonds is 10. The highest BCUT2D eigenvalue weighted by Crippen LogP contribution is 2.37. The molecule has 0 spiro atoms. The standard InChI is InChI=1S/C23H25N5O6/c1-14(2)12-34-23(29)15-5-7-16(8-6-15)26-21-20(28(30)31)22(25-13-24-21)27-18-11-17(32-3)9-10-19(18)33-4/h5-11,13-14H,12H2,1-4H3,(H2,24,25,26,27). The van der Waals surface area contributed by atoms with Gasteiger partial charge in [-0.2, -0.15) is 0 Å². The summed E-state index contributed by atoms with van der Waals surface area (Å²) in [6.07, 6.45) is 1.20. The highest BCUT2D eigenvalue weighted by molar-refractivity contribution is 5.90. The van der Waals surface area contributed by atoms with Crippen LogP contribution in [0.4, 0.5) is 28.7 Å². The van der Waals surface area contributed by atoms with Gasteiger partial charge in [-0.05, 0) is 42.3 Å². The monoisotopic (exact) mass is 467 g/mol. The maximum absolute atomic E-state index is 12.1. The fourth-order valence-electron chi connectivity index (χ4n) is 2.93. The first-order chi connectivity index (χ1) is 16.3. The van der Waals surface area contributed by atoms with E-state index >= 15 is 0 Å². The summed E-state index contributed by atoms with van der Waals surface area (Å²) in [5.41, 5.74) is 0.926. The zero-order valence-corrected chi connectivity index (χ0v) is 19.2. The average Bonchev–Trinajstić information content (AvgIpc) is 2.82. The molecule has 0 bridgehead atoms. The van der Waals surface area contributed by atoms with Crippen LogP contribution in [0.25, 0.3) is 0 Å². The third kappa shape index (κ3) is 5.88. The van der Waals surface area contributed by atoms with Crippen LogP contribution in [-0.2, 0) is 4.74 Å². The Balaban J connectivity index is 1.86. The first kappa shape index (κ1) is 24.2. The van der Waals surface area contributed by atoms with E-state index < -0.39 is 10.9 Å². The van der Waals surface area contributed by atoms with Gasteiger partial charge in [0.05, 0.1) is 37.0 Å². The molecule has 2 aromatic carbocycles. The molecule has 0 radical (unpaired) electrons. The molecule has 1 aromatic heterocycles. The summed E-state index contributed by atoms with van der Waals surface area (Å²) in [4.78, 5) is 31.5. The smallest absolute Gasteiger partial charge is 0.353 e. The molecule has 11 nitrogen and oxygen atoms in total. The molecule has 178 valence electrons. The Morgan fingerprint density at radius 1 is 1.03 bits per heavy atom. The van der Waals surface area contributed by atoms with Crippen LogP contribution in [0, 0.1) is 16.0 Å². The summed E-state index contributed by atoms with van der Waals surface area (Å²) in [5.74, 6) is 0.700. The summed E-state index contributed by atoms with van der Waals surface area (Å²) in [7, 11) is 2.99. The lowest BCUT2D eigenvalue weighted by Gasteiger charge is -2.13. The second kappa shape index (κ2) is 10.9. The van der Waals surface area contributed by atoms with E-state index in [0.29, 0.717) is 35.0 Å². The molecule has 0 fully saturated rings. The third-order valence-electron chi connectivity index (χ3n) is 4.60. The van der Waals surface area contributed by atoms with Crippen LogP contribution >= 0.6 is 0 Å². The Hall–Kier alpha value is -4.41. The summed E-state index contributed by atoms with van der Waals surface area (Å²) in [6, 6.07) is 11.4. The molecule has 2 N–H and O–H groups in total. The van der Waals surface area contributed by atoms with Gasteiger partial charge < -0.3 is 24.8 Å². The Labute approximate surface area is 196 Å². The highest BCUT2D eigenvalue weighted by Gasteiger charge is 2.24. The van der Waals surface area contributed by atoms with E-state index in [9.17, 15) is 14.9 Å². The van der Waals surface area contributed by atoms with E-state index in [0.717, 1.165) is 0 Å². The fraction of sp³-hybridized carbons (Fsp3) is 0.261. The summed E-state index contributed by atoms with van der Waals surface area (Å²) in [6.45, 7) is 4.21. The van der Waals surface area contributed by atoms with Crippen LogP contribution in [0.3, 0.4) is 0 Å². The van der Waals surface area contributed by atoms with Gasteiger partial charge in [0.2, 0.25) is 11.6 Å². The minimum atomic E-state index is -0.588. The molecule has 0 unspecified atom stereocenters. The predicted octanol–water partition coefficient (Wildman–Crippen LogP) is 4.70. The number of aromatic nitrogens is 2. The van der Waals surface area contributed by atoms with Crippen LogP contribution in [0.1, 0.15) is 24.2 Å². The number of esters is 1. The molecule has 0 atom stereocenters. The maximum Gasteiger partial charge on any atom is 0.353 e. The van der Waals surface area contributed by atoms with Crippen LogP contribution in [-0.4, -0.2) is 41.7 Å². The van der Waals surface area contributed by atoms with E-state index in [1.165, 1.54) is 20.5 Å². The molecule has 11 heteroatoms. The second-order valence-electron chi connectivity index (χ2n) is 7.56. The van der Waals surface area contributed by atoms with E-state index in [2.05, 4.69) is 20.6 Å². The molecule has 0 amide bonds. The van der Waals surface area contributed by atoms with Crippen molar-refractivity contribution in [3.8, 4) is 11.5 Å². The van der Waals surface area contributed by atoms with Crippen molar-refractivity contribution >= 4 is 34.7 Å². The van der Waals surface area contributed by atoms with E-state index in [1.807, 2.05) is 13.8 Å². The molecule has 3 aromatic rings. The molecule has 1 heterocycles. The Kier molecular flexibility index (Phi) is 7.80. The highest BCUT2D eigenvalue weighted by atomic mass is 16.6. The van der Waals surface area contributed by atoms with Crippen molar-refractivity contribution in [3.63, 3.8) is 0 Å². The minimum Gasteiger partial charge on any atom is -0.497 e. The van der Waals surface area contributed by atoms with E-state index in [4.69, 9.17) is 14.2 Å². The van der Waals surface area contributed by atoms with Gasteiger partial charge in [0.1, 0.15) is 17.8 Å². The summed E-state index contributed by atoms with van der Waals surface area (Å²) >= 11 is 0. The number of hydrogen-bond acceptors (Lipinski definition) is 10. The van der Waals surface area contributed by atoms with Gasteiger partial charge in [-0.3, -0.25) is 10.1 Å². The van der Waals surface area contributed by atoms with E-state index in [-0.39, 0.29) is 23.2 Å². The first-order valence-electron chi connectivity index (χ1n) is 10.3. The lowest BCUT2D eigenvalue weighted by molar-refractivity contribution is -0.383. The number of carbonyl (C=O) groups is 1. The third-order valence-corrected chi connectivity index (χ3v) is 4.60. The fourth-order valence-corrected chi connectivity index (χ4v) is 2.93. The van der Waals surface area contributed by atoms with Gasteiger partial charge in [0.25, 0.3) is 0 Å². The Bertz CT molecular complexity index is 1170. The van der Waals surface area contributed by atoms with Gasteiger partial charge >= 0.3 is 11.7 Å². The SMILES string of the molecule is COc1ccc(OC)c(Nc2ncnc(Nc3ccc(C(=O)OCC(C)C)cc3)c2[N+](=O)[O-])c1. The van der Waals surface area contributed by atoms with Gasteiger partial charge in [-0.1, -0.05) is 13.8 Å². The molecule has 0 saturated heterocycles. The van der Waals surface area contributed by atoms with Crippen LogP contribution in [0.15, 0.2) is 48.8 Å². The molecule has 0 saturated carbocycles. The largest absolute Gasteiger partial charge is 0.497 e. The summed E-state index contributed by atoms with van der Waals surface area (Å²) < 4.78 is 15.7. The van der Waals surface area contributed by atoms with Crippen molar-refractivity contribution in [2.45, 2.75) is 13.8 Å². The van der Waals surface area contributed by atoms with Gasteiger partial charge in [0.15, 0.2) is 0 Å². The molecule has 0 aliphatic rings. The number of benzene rings is 2. The number of nitrogens with one attached hydrogen (secondary N) is 2. The van der Waals surface area contributed by atoms with Gasteiger partial charge in [-0.25, -0.2) is 14.8 Å². The molecular formula is C23H25N5O6. The number of methoxy groups -OCH3 is 2. The number of hydrogen-bond donors (Lipinski definition) is 2. The minimum absolute atomic E-state index is 0.0282.